The molecule has 2 aliphatic rings. The van der Waals surface area contributed by atoms with E-state index in [1.165, 1.54) is 0 Å². The summed E-state index contributed by atoms with van der Waals surface area (Å²) < 4.78 is 24.5. The quantitative estimate of drug-likeness (QED) is 0.0771. The van der Waals surface area contributed by atoms with Crippen LogP contribution < -0.4 is 9.80 Å². The Hall–Kier alpha value is -8.50. The van der Waals surface area contributed by atoms with Crippen molar-refractivity contribution >= 4 is 69.1 Å². The van der Waals surface area contributed by atoms with Gasteiger partial charge in [-0.1, -0.05) is 109 Å². The van der Waals surface area contributed by atoms with E-state index in [9.17, 15) is 19.2 Å². The number of carbonyl (C=O) groups is 4. The van der Waals surface area contributed by atoms with Crippen molar-refractivity contribution in [1.29, 1.82) is 0 Å². The zero-order valence-electron chi connectivity index (χ0n) is 50.8. The Morgan fingerprint density at radius 1 is 0.298 bits per heavy atom. The van der Waals surface area contributed by atoms with Crippen LogP contribution in [0.25, 0.3) is 33.4 Å². The zero-order valence-corrected chi connectivity index (χ0v) is 50.8. The molecule has 0 N–H and O–H groups in total. The monoisotopic (exact) mass is 1120 g/mol. The Bertz CT molecular complexity index is 3250. The molecule has 2 aliphatic carbocycles. The highest BCUT2D eigenvalue weighted by molar-refractivity contribution is 5.86. The predicted molar refractivity (Wildman–Crippen MR) is 338 cm³/mol. The Morgan fingerprint density at radius 2 is 0.524 bits per heavy atom. The zero-order chi connectivity index (χ0) is 60.1. The van der Waals surface area contributed by atoms with Gasteiger partial charge in [0.15, 0.2) is 0 Å². The first kappa shape index (κ1) is 60.1. The van der Waals surface area contributed by atoms with Gasteiger partial charge in [-0.25, -0.2) is 0 Å². The number of ether oxygens (including phenoxy) is 4. The molecule has 4 unspecified atom stereocenters. The Kier molecular flexibility index (Phi) is 17.7. The lowest BCUT2D eigenvalue weighted by Crippen LogP contribution is -2.34. The molecule has 434 valence electrons. The molecule has 9 rings (SSSR count). The molecular weight excluding hydrogens is 1040 g/mol. The van der Waals surface area contributed by atoms with E-state index >= 15 is 0 Å². The Balaban J connectivity index is 1.10. The third-order valence-corrected chi connectivity index (χ3v) is 15.1. The van der Waals surface area contributed by atoms with Crippen molar-refractivity contribution in [3.05, 3.63) is 205 Å². The topological polar surface area (TPSA) is 112 Å². The molecule has 10 heteroatoms. The second-order valence-corrected chi connectivity index (χ2v) is 26.2. The van der Waals surface area contributed by atoms with Crippen LogP contribution in [-0.2, 0) is 38.1 Å². The molecule has 0 bridgehead atoms. The Labute approximate surface area is 497 Å². The van der Waals surface area contributed by atoms with E-state index in [0.717, 1.165) is 78.7 Å². The Morgan fingerprint density at radius 3 is 0.786 bits per heavy atom. The van der Waals surface area contributed by atoms with Gasteiger partial charge in [0.2, 0.25) is 0 Å². The third-order valence-electron chi connectivity index (χ3n) is 15.1. The highest BCUT2D eigenvalue weighted by Crippen LogP contribution is 2.43. The molecule has 0 fully saturated rings. The van der Waals surface area contributed by atoms with Crippen molar-refractivity contribution < 1.29 is 38.1 Å². The average Bonchev–Trinajstić information content (AvgIpc) is 3.53. The van der Waals surface area contributed by atoms with Crippen molar-refractivity contribution in [3.8, 4) is 22.3 Å². The average molecular weight is 1130 g/mol. The summed E-state index contributed by atoms with van der Waals surface area (Å²) in [6.45, 7) is 22.2. The highest BCUT2D eigenvalue weighted by Gasteiger charge is 2.36. The van der Waals surface area contributed by atoms with Crippen molar-refractivity contribution in [3.63, 3.8) is 0 Å². The van der Waals surface area contributed by atoms with E-state index < -0.39 is 46.1 Å². The summed E-state index contributed by atoms with van der Waals surface area (Å²) in [5.74, 6) is -1.17. The van der Waals surface area contributed by atoms with Crippen LogP contribution in [0.1, 0.15) is 120 Å². The summed E-state index contributed by atoms with van der Waals surface area (Å²) in [4.78, 5) is 57.5. The lowest BCUT2D eigenvalue weighted by molar-refractivity contribution is -0.160. The first-order valence-corrected chi connectivity index (χ1v) is 29.3. The lowest BCUT2D eigenvalue weighted by atomic mass is 9.88. The summed E-state index contributed by atoms with van der Waals surface area (Å²) in [7, 11) is 0. The number of esters is 4. The van der Waals surface area contributed by atoms with Crippen LogP contribution in [0.2, 0.25) is 0 Å². The molecule has 0 aliphatic heterocycles. The van der Waals surface area contributed by atoms with E-state index in [4.69, 9.17) is 18.9 Å². The molecule has 4 atom stereocenters. The minimum atomic E-state index is -0.705. The second kappa shape index (κ2) is 24.8. The molecule has 10 nitrogen and oxygen atoms in total. The minimum absolute atomic E-state index is 0.287. The molecule has 7 aromatic carbocycles. The van der Waals surface area contributed by atoms with Gasteiger partial charge in [-0.15, -0.1) is 0 Å². The summed E-state index contributed by atoms with van der Waals surface area (Å²) in [6, 6.07) is 62.8. The lowest BCUT2D eigenvalue weighted by Gasteiger charge is -2.32. The number of benzene rings is 7. The SMILES string of the molecule is CC(C)(C)C(=O)OC1C=C(c2ccc(N(c3ccc(-c4ccccc4)cc3)c3ccc(N(c4ccc(C5=CC(OC(=O)C(C)(C)C)CCC5OC(=O)C(C)(C)C)cc4)c4ccc(-c5ccccc5)cc4)cc3)cc2)C(OC(=O)C(C)(C)C)CC1. The van der Waals surface area contributed by atoms with Gasteiger partial charge in [0.05, 0.1) is 21.7 Å². The molecule has 0 saturated carbocycles. The van der Waals surface area contributed by atoms with E-state index in [0.29, 0.717) is 25.7 Å². The molecular formula is C74H80N2O8. The maximum atomic E-state index is 13.4. The van der Waals surface area contributed by atoms with Gasteiger partial charge >= 0.3 is 23.9 Å². The molecule has 0 aromatic heterocycles. The standard InChI is InChI=1S/C74H80N2O8/c1-71(2,3)67(77)81-61-43-45-65(83-69(79)73(7,8)9)63(47-61)53-27-35-57(36-28-53)75(55-31-23-51(24-32-55)49-19-15-13-16-20-49)59-39-41-60(42-40-59)76(56-33-25-52(26-34-56)50-21-17-14-18-22-50)58-37-29-54(30-38-58)64-48-62(82-68(78)72(4,5)6)44-46-66(64)84-70(80)74(10,11)12/h13-42,47-48,61-62,65-66H,43-46H2,1-12H3. The summed E-state index contributed by atoms with van der Waals surface area (Å²) in [5.41, 5.74) is 10.5. The van der Waals surface area contributed by atoms with E-state index in [1.54, 1.807) is 0 Å². The van der Waals surface area contributed by atoms with Crippen LogP contribution in [0, 0.1) is 21.7 Å². The van der Waals surface area contributed by atoms with Crippen LogP contribution in [-0.4, -0.2) is 48.3 Å². The first-order chi connectivity index (χ1) is 39.8. The summed E-state index contributed by atoms with van der Waals surface area (Å²) in [5, 5.41) is 0. The first-order valence-electron chi connectivity index (χ1n) is 29.3. The van der Waals surface area contributed by atoms with Gasteiger partial charge in [0, 0.05) is 34.1 Å². The van der Waals surface area contributed by atoms with Crippen LogP contribution in [0.4, 0.5) is 34.1 Å². The van der Waals surface area contributed by atoms with Gasteiger partial charge in [-0.3, -0.25) is 19.2 Å². The number of rotatable bonds is 14. The number of carbonyl (C=O) groups excluding carboxylic acids is 4. The predicted octanol–water partition coefficient (Wildman–Crippen LogP) is 18.1. The van der Waals surface area contributed by atoms with Crippen molar-refractivity contribution in [2.45, 2.75) is 133 Å². The molecule has 0 saturated heterocycles. The highest BCUT2D eigenvalue weighted by atomic mass is 16.6. The number of hydrogen-bond acceptors (Lipinski definition) is 10. The molecule has 0 spiro atoms. The number of hydrogen-bond donors (Lipinski definition) is 0. The molecule has 7 aromatic rings. The fourth-order valence-electron chi connectivity index (χ4n) is 10.1. The number of anilines is 6. The van der Waals surface area contributed by atoms with Gasteiger partial charge < -0.3 is 28.7 Å². The molecule has 84 heavy (non-hydrogen) atoms. The third kappa shape index (κ3) is 14.5. The molecule has 0 amide bonds. The van der Waals surface area contributed by atoms with Crippen LogP contribution >= 0.6 is 0 Å². The molecule has 0 heterocycles. The van der Waals surface area contributed by atoms with Crippen LogP contribution in [0.5, 0.6) is 0 Å². The normalized spacial score (nSPS) is 17.4. The van der Waals surface area contributed by atoms with E-state index in [2.05, 4.69) is 155 Å². The van der Waals surface area contributed by atoms with Crippen LogP contribution in [0.15, 0.2) is 194 Å². The fourth-order valence-corrected chi connectivity index (χ4v) is 10.1. The summed E-state index contributed by atoms with van der Waals surface area (Å²) in [6.07, 6.45) is 3.99. The van der Waals surface area contributed by atoms with Gasteiger partial charge in [-0.2, -0.15) is 0 Å². The van der Waals surface area contributed by atoms with E-state index in [-0.39, 0.29) is 23.9 Å². The van der Waals surface area contributed by atoms with Crippen molar-refractivity contribution in [2.24, 2.45) is 21.7 Å². The smallest absolute Gasteiger partial charge is 0.311 e. The van der Waals surface area contributed by atoms with Crippen molar-refractivity contribution in [2.75, 3.05) is 9.80 Å². The summed E-state index contributed by atoms with van der Waals surface area (Å²) >= 11 is 0. The van der Waals surface area contributed by atoms with Gasteiger partial charge in [-0.05, 0) is 238 Å². The largest absolute Gasteiger partial charge is 0.458 e. The second-order valence-electron chi connectivity index (χ2n) is 26.2. The fraction of sp³-hybridized carbons (Fsp3) is 0.324. The van der Waals surface area contributed by atoms with Gasteiger partial charge in [0.25, 0.3) is 0 Å². The number of nitrogens with zero attached hydrogens (tertiary/aromatic N) is 2. The maximum Gasteiger partial charge on any atom is 0.311 e. The van der Waals surface area contributed by atoms with Gasteiger partial charge in [0.1, 0.15) is 24.4 Å². The van der Waals surface area contributed by atoms with E-state index in [1.807, 2.05) is 132 Å². The van der Waals surface area contributed by atoms with Crippen molar-refractivity contribution in [1.82, 2.24) is 0 Å². The molecule has 0 radical (unpaired) electrons. The maximum absolute atomic E-state index is 13.4. The van der Waals surface area contributed by atoms with Crippen LogP contribution in [0.3, 0.4) is 0 Å². The minimum Gasteiger partial charge on any atom is -0.458 e.